The third-order valence-corrected chi connectivity index (χ3v) is 3.71. The van der Waals surface area contributed by atoms with Gasteiger partial charge in [0.2, 0.25) is 0 Å². The van der Waals surface area contributed by atoms with Crippen LogP contribution >= 0.6 is 0 Å². The summed E-state index contributed by atoms with van der Waals surface area (Å²) >= 11 is 0. The summed E-state index contributed by atoms with van der Waals surface area (Å²) in [6.45, 7) is 0.970. The normalized spacial score (nSPS) is 12.8. The molecular weight excluding hydrogens is 282 g/mol. The number of carbonyl (C=O) groups is 1. The lowest BCUT2D eigenvalue weighted by Gasteiger charge is -2.18. The summed E-state index contributed by atoms with van der Waals surface area (Å²) in [6, 6.07) is 14.0. The second-order valence-corrected chi connectivity index (χ2v) is 5.12. The van der Waals surface area contributed by atoms with E-state index in [1.165, 1.54) is 12.1 Å². The van der Waals surface area contributed by atoms with Crippen molar-refractivity contribution in [3.8, 4) is 0 Å². The van der Waals surface area contributed by atoms with E-state index in [4.69, 9.17) is 0 Å². The van der Waals surface area contributed by atoms with Gasteiger partial charge in [-0.25, -0.2) is 4.79 Å². The number of fused-ring (bicyclic) bond motifs is 1. The molecule has 3 rings (SSSR count). The van der Waals surface area contributed by atoms with Crippen LogP contribution in [-0.4, -0.2) is 17.5 Å². The zero-order chi connectivity index (χ0) is 15.5. The maximum Gasteiger partial charge on any atom is 0.322 e. The van der Waals surface area contributed by atoms with Crippen molar-refractivity contribution >= 4 is 17.4 Å². The highest BCUT2D eigenvalue weighted by Gasteiger charge is 2.26. The predicted molar refractivity (Wildman–Crippen MR) is 82.8 cm³/mol. The molecule has 6 heteroatoms. The molecule has 0 saturated carbocycles. The van der Waals surface area contributed by atoms with Gasteiger partial charge in [-0.15, -0.1) is 0 Å². The highest BCUT2D eigenvalue weighted by Crippen LogP contribution is 2.31. The molecule has 1 N–H and O–H groups in total. The van der Waals surface area contributed by atoms with E-state index in [-0.39, 0.29) is 11.7 Å². The van der Waals surface area contributed by atoms with Gasteiger partial charge in [-0.2, -0.15) is 0 Å². The van der Waals surface area contributed by atoms with Gasteiger partial charge < -0.3 is 5.32 Å². The van der Waals surface area contributed by atoms with Crippen molar-refractivity contribution in [2.24, 2.45) is 0 Å². The first-order valence-corrected chi connectivity index (χ1v) is 7.02. The smallest absolute Gasteiger partial charge is 0.322 e. The number of hydrogen-bond acceptors (Lipinski definition) is 3. The number of benzene rings is 2. The van der Waals surface area contributed by atoms with Crippen molar-refractivity contribution in [1.29, 1.82) is 0 Å². The first-order chi connectivity index (χ1) is 10.6. The number of nitrogens with zero attached hydrogens (tertiary/aromatic N) is 2. The van der Waals surface area contributed by atoms with Crippen LogP contribution in [0.4, 0.5) is 16.2 Å². The summed E-state index contributed by atoms with van der Waals surface area (Å²) in [5, 5.41) is 13.7. The summed E-state index contributed by atoms with van der Waals surface area (Å²) in [4.78, 5) is 24.3. The molecule has 2 aromatic carbocycles. The van der Waals surface area contributed by atoms with Gasteiger partial charge in [0, 0.05) is 25.2 Å². The number of carbonyl (C=O) groups excluding carboxylic acids is 1. The van der Waals surface area contributed by atoms with Gasteiger partial charge in [-0.3, -0.25) is 15.0 Å². The largest absolute Gasteiger partial charge is 0.334 e. The lowest BCUT2D eigenvalue weighted by atomic mass is 10.1. The van der Waals surface area contributed by atoms with E-state index < -0.39 is 4.92 Å². The Balaban J connectivity index is 1.73. The van der Waals surface area contributed by atoms with Crippen LogP contribution < -0.4 is 10.2 Å². The van der Waals surface area contributed by atoms with Crippen LogP contribution in [-0.2, 0) is 13.0 Å². The predicted octanol–water partition coefficient (Wildman–Crippen LogP) is 2.87. The molecule has 0 bridgehead atoms. The van der Waals surface area contributed by atoms with E-state index in [0.717, 1.165) is 11.1 Å². The number of anilines is 1. The van der Waals surface area contributed by atoms with Crippen LogP contribution in [0.3, 0.4) is 0 Å². The molecular formula is C16H15N3O3. The lowest BCUT2D eigenvalue weighted by Crippen LogP contribution is -2.38. The number of hydrogen-bond donors (Lipinski definition) is 1. The Kier molecular flexibility index (Phi) is 3.74. The Morgan fingerprint density at radius 1 is 1.23 bits per heavy atom. The molecule has 0 aromatic heterocycles. The summed E-state index contributed by atoms with van der Waals surface area (Å²) in [5.74, 6) is 0. The van der Waals surface area contributed by atoms with Gasteiger partial charge in [0.1, 0.15) is 0 Å². The summed E-state index contributed by atoms with van der Waals surface area (Å²) in [5.41, 5.74) is 2.59. The van der Waals surface area contributed by atoms with Crippen LogP contribution in [0.2, 0.25) is 0 Å². The minimum atomic E-state index is -0.446. The number of non-ortho nitro benzene ring substituents is 1. The molecule has 0 unspecified atom stereocenters. The number of nitrogens with one attached hydrogen (secondary N) is 1. The fraction of sp³-hybridized carbons (Fsp3) is 0.188. The van der Waals surface area contributed by atoms with E-state index in [0.29, 0.717) is 25.2 Å². The molecule has 1 aliphatic heterocycles. The topological polar surface area (TPSA) is 75.5 Å². The molecule has 112 valence electrons. The SMILES string of the molecule is O=C(NCc1ccccc1)N1CCc2ccc([N+](=O)[O-])cc21. The molecule has 1 aliphatic rings. The van der Waals surface area contributed by atoms with Gasteiger partial charge >= 0.3 is 6.03 Å². The molecule has 0 atom stereocenters. The number of rotatable bonds is 3. The average Bonchev–Trinajstić information content (AvgIpc) is 2.96. The van der Waals surface area contributed by atoms with E-state index in [9.17, 15) is 14.9 Å². The molecule has 0 fully saturated rings. The van der Waals surface area contributed by atoms with Crippen molar-refractivity contribution in [2.45, 2.75) is 13.0 Å². The molecule has 0 aliphatic carbocycles. The van der Waals surface area contributed by atoms with Crippen molar-refractivity contribution in [3.05, 3.63) is 69.8 Å². The van der Waals surface area contributed by atoms with Gasteiger partial charge in [-0.1, -0.05) is 36.4 Å². The molecule has 2 aromatic rings. The van der Waals surface area contributed by atoms with E-state index >= 15 is 0 Å². The number of amides is 2. The number of urea groups is 1. The Hall–Kier alpha value is -2.89. The van der Waals surface area contributed by atoms with E-state index in [2.05, 4.69) is 5.32 Å². The maximum absolute atomic E-state index is 12.3. The fourth-order valence-corrected chi connectivity index (χ4v) is 2.56. The minimum absolute atomic E-state index is 0.00140. The maximum atomic E-state index is 12.3. The highest BCUT2D eigenvalue weighted by atomic mass is 16.6. The third-order valence-electron chi connectivity index (χ3n) is 3.71. The lowest BCUT2D eigenvalue weighted by molar-refractivity contribution is -0.384. The van der Waals surface area contributed by atoms with Crippen molar-refractivity contribution < 1.29 is 9.72 Å². The zero-order valence-corrected chi connectivity index (χ0v) is 11.9. The Labute approximate surface area is 127 Å². The Morgan fingerprint density at radius 3 is 2.73 bits per heavy atom. The minimum Gasteiger partial charge on any atom is -0.334 e. The molecule has 22 heavy (non-hydrogen) atoms. The van der Waals surface area contributed by atoms with Gasteiger partial charge in [0.15, 0.2) is 0 Å². The standard InChI is InChI=1S/C16H15N3O3/c20-16(17-11-12-4-2-1-3-5-12)18-9-8-13-6-7-14(19(21)22)10-15(13)18/h1-7,10H,8-9,11H2,(H,17,20). The molecule has 2 amide bonds. The van der Waals surface area contributed by atoms with Gasteiger partial charge in [0.25, 0.3) is 5.69 Å². The Morgan fingerprint density at radius 2 is 2.00 bits per heavy atom. The molecule has 0 saturated heterocycles. The van der Waals surface area contributed by atoms with Gasteiger partial charge in [0.05, 0.1) is 10.6 Å². The van der Waals surface area contributed by atoms with Crippen LogP contribution in [0, 0.1) is 10.1 Å². The molecule has 1 heterocycles. The molecule has 0 radical (unpaired) electrons. The van der Waals surface area contributed by atoms with E-state index in [1.54, 1.807) is 11.0 Å². The zero-order valence-electron chi connectivity index (χ0n) is 11.9. The highest BCUT2D eigenvalue weighted by molar-refractivity contribution is 5.94. The first kappa shape index (κ1) is 14.1. The quantitative estimate of drug-likeness (QED) is 0.699. The summed E-state index contributed by atoms with van der Waals surface area (Å²) < 4.78 is 0. The second kappa shape index (κ2) is 5.85. The van der Waals surface area contributed by atoms with Gasteiger partial charge in [-0.05, 0) is 17.5 Å². The van der Waals surface area contributed by atoms with Crippen LogP contribution in [0.15, 0.2) is 48.5 Å². The third kappa shape index (κ3) is 2.76. The summed E-state index contributed by atoms with van der Waals surface area (Å²) in [7, 11) is 0. The fourth-order valence-electron chi connectivity index (χ4n) is 2.56. The number of nitro benzene ring substituents is 1. The first-order valence-electron chi connectivity index (χ1n) is 7.02. The second-order valence-electron chi connectivity index (χ2n) is 5.12. The number of nitro groups is 1. The van der Waals surface area contributed by atoms with Crippen molar-refractivity contribution in [3.63, 3.8) is 0 Å². The molecule has 0 spiro atoms. The van der Waals surface area contributed by atoms with Crippen molar-refractivity contribution in [2.75, 3.05) is 11.4 Å². The average molecular weight is 297 g/mol. The van der Waals surface area contributed by atoms with Crippen LogP contribution in [0.1, 0.15) is 11.1 Å². The van der Waals surface area contributed by atoms with Crippen molar-refractivity contribution in [1.82, 2.24) is 5.32 Å². The van der Waals surface area contributed by atoms with Crippen LogP contribution in [0.25, 0.3) is 0 Å². The monoisotopic (exact) mass is 297 g/mol. The Bertz CT molecular complexity index is 716. The molecule has 6 nitrogen and oxygen atoms in total. The van der Waals surface area contributed by atoms with E-state index in [1.807, 2.05) is 30.3 Å². The van der Waals surface area contributed by atoms with Crippen LogP contribution in [0.5, 0.6) is 0 Å². The summed E-state index contributed by atoms with van der Waals surface area (Å²) in [6.07, 6.45) is 0.714.